The van der Waals surface area contributed by atoms with Crippen LogP contribution in [0, 0.1) is 24.1 Å². The summed E-state index contributed by atoms with van der Waals surface area (Å²) >= 11 is 8.46. The van der Waals surface area contributed by atoms with Gasteiger partial charge < -0.3 is 5.32 Å². The fourth-order valence-electron chi connectivity index (χ4n) is 4.65. The number of halogens is 2. The molecule has 3 aliphatic rings. The summed E-state index contributed by atoms with van der Waals surface area (Å²) in [6.07, 6.45) is 8.12. The lowest BCUT2D eigenvalue weighted by Gasteiger charge is -2.43. The van der Waals surface area contributed by atoms with Crippen LogP contribution in [0.1, 0.15) is 96.7 Å². The maximum absolute atomic E-state index is 14.9. The molecule has 2 aliphatic carbocycles. The molecule has 1 saturated heterocycles. The number of amides is 1. The van der Waals surface area contributed by atoms with Crippen LogP contribution in [0.4, 0.5) is 4.39 Å². The van der Waals surface area contributed by atoms with Crippen LogP contribution in [-0.4, -0.2) is 28.6 Å². The first kappa shape index (κ1) is 27.5. The van der Waals surface area contributed by atoms with Crippen molar-refractivity contribution in [2.75, 3.05) is 13.1 Å². The van der Waals surface area contributed by atoms with Crippen LogP contribution in [-0.2, 0) is 4.79 Å². The molecular formula is C26H42ClFN2OS. The van der Waals surface area contributed by atoms with E-state index in [1.54, 1.807) is 6.07 Å². The van der Waals surface area contributed by atoms with Gasteiger partial charge >= 0.3 is 0 Å². The number of carbonyl (C=O) groups is 1. The van der Waals surface area contributed by atoms with Crippen LogP contribution < -0.4 is 5.32 Å². The Labute approximate surface area is 204 Å². The molecule has 6 heteroatoms. The van der Waals surface area contributed by atoms with Gasteiger partial charge in [0.05, 0.1) is 17.0 Å². The summed E-state index contributed by atoms with van der Waals surface area (Å²) in [6.45, 7) is 13.6. The predicted molar refractivity (Wildman–Crippen MR) is 137 cm³/mol. The Morgan fingerprint density at radius 2 is 1.75 bits per heavy atom. The molecule has 0 bridgehead atoms. The van der Waals surface area contributed by atoms with E-state index in [0.717, 1.165) is 49.6 Å². The van der Waals surface area contributed by atoms with Gasteiger partial charge in [-0.1, -0.05) is 83.5 Å². The lowest BCUT2D eigenvalue weighted by atomic mass is 9.76. The van der Waals surface area contributed by atoms with Gasteiger partial charge in [0.25, 0.3) is 0 Å². The molecule has 0 unspecified atom stereocenters. The number of benzene rings is 1. The maximum Gasteiger partial charge on any atom is 0.226 e. The molecule has 2 saturated carbocycles. The topological polar surface area (TPSA) is 32.3 Å². The van der Waals surface area contributed by atoms with Gasteiger partial charge in [-0.2, -0.15) is 0 Å². The first-order valence-electron chi connectivity index (χ1n) is 12.5. The molecule has 1 amide bonds. The van der Waals surface area contributed by atoms with Crippen molar-refractivity contribution in [1.29, 1.82) is 0 Å². The van der Waals surface area contributed by atoms with E-state index >= 15 is 0 Å². The molecule has 1 atom stereocenters. The summed E-state index contributed by atoms with van der Waals surface area (Å²) < 4.78 is 17.2. The number of nitrogens with one attached hydrogen (secondary N) is 1. The number of aryl methyl sites for hydroxylation is 1. The maximum atomic E-state index is 14.9. The van der Waals surface area contributed by atoms with Crippen LogP contribution >= 0.6 is 23.5 Å². The number of hydrogen-bond acceptors (Lipinski definition) is 3. The summed E-state index contributed by atoms with van der Waals surface area (Å²) in [6, 6.07) is 2.82. The highest BCUT2D eigenvalue weighted by atomic mass is 35.5. The summed E-state index contributed by atoms with van der Waals surface area (Å²) in [7, 11) is 0. The summed E-state index contributed by atoms with van der Waals surface area (Å²) in [5, 5.41) is 4.43. The molecule has 0 radical (unpaired) electrons. The normalized spacial score (nSPS) is 21.2. The van der Waals surface area contributed by atoms with Gasteiger partial charge in [0.1, 0.15) is 5.82 Å². The molecular weight excluding hydrogens is 443 g/mol. The van der Waals surface area contributed by atoms with Gasteiger partial charge in [-0.05, 0) is 49.7 Å². The zero-order valence-corrected chi connectivity index (χ0v) is 22.3. The van der Waals surface area contributed by atoms with Gasteiger partial charge in [0.2, 0.25) is 5.91 Å². The SMILES string of the molecule is CC.CC.Cc1ccc(F)c([C@@H](NC(=O)C2CN(SC3CCC3)C2)C2(C)CCCC2)c1Cl. The molecule has 4 rings (SSSR count). The molecule has 182 valence electrons. The largest absolute Gasteiger partial charge is 0.348 e. The molecule has 3 fully saturated rings. The highest BCUT2D eigenvalue weighted by Crippen LogP contribution is 2.49. The Balaban J connectivity index is 0.000000860. The minimum atomic E-state index is -0.372. The zero-order valence-electron chi connectivity index (χ0n) is 20.8. The van der Waals surface area contributed by atoms with E-state index in [1.807, 2.05) is 46.6 Å². The van der Waals surface area contributed by atoms with Crippen LogP contribution in [0.25, 0.3) is 0 Å². The minimum Gasteiger partial charge on any atom is -0.348 e. The number of nitrogens with zero attached hydrogens (tertiary/aromatic N) is 1. The molecule has 32 heavy (non-hydrogen) atoms. The van der Waals surface area contributed by atoms with E-state index in [-0.39, 0.29) is 29.1 Å². The van der Waals surface area contributed by atoms with Crippen molar-refractivity contribution in [2.45, 2.75) is 97.8 Å². The van der Waals surface area contributed by atoms with Gasteiger partial charge in [-0.3, -0.25) is 4.79 Å². The molecule has 3 nitrogen and oxygen atoms in total. The number of carbonyl (C=O) groups excluding carboxylic acids is 1. The van der Waals surface area contributed by atoms with Crippen molar-refractivity contribution in [3.63, 3.8) is 0 Å². The smallest absolute Gasteiger partial charge is 0.226 e. The third-order valence-electron chi connectivity index (χ3n) is 6.91. The van der Waals surface area contributed by atoms with Gasteiger partial charge in [-0.25, -0.2) is 8.70 Å². The lowest BCUT2D eigenvalue weighted by Crippen LogP contribution is -2.53. The van der Waals surface area contributed by atoms with Crippen LogP contribution in [0.5, 0.6) is 0 Å². The number of rotatable bonds is 6. The first-order valence-corrected chi connectivity index (χ1v) is 13.8. The quantitative estimate of drug-likeness (QED) is 0.419. The van der Waals surface area contributed by atoms with Crippen LogP contribution in [0.3, 0.4) is 0 Å². The standard InChI is InChI=1S/C22H30ClFN2OS.2C2H6/c1-14-8-9-17(24)18(19(14)23)20(22(2)10-3-4-11-22)25-21(27)15-12-26(13-15)28-16-6-5-7-16;2*1-2/h8-9,15-16,20H,3-7,10-13H2,1-2H3,(H,25,27);2*1-2H3/t20-;;/m1../s1. The molecule has 1 aromatic rings. The Hall–Kier alpha value is -0.780. The Morgan fingerprint density at radius 3 is 2.28 bits per heavy atom. The average molecular weight is 485 g/mol. The second-order valence-corrected chi connectivity index (χ2v) is 10.9. The van der Waals surface area contributed by atoms with Crippen molar-refractivity contribution in [2.24, 2.45) is 11.3 Å². The summed E-state index contributed by atoms with van der Waals surface area (Å²) in [5.74, 6) is -0.280. The van der Waals surface area contributed by atoms with Crippen molar-refractivity contribution in [1.82, 2.24) is 9.62 Å². The first-order chi connectivity index (χ1) is 15.4. The van der Waals surface area contributed by atoms with Crippen molar-refractivity contribution in [3.8, 4) is 0 Å². The lowest BCUT2D eigenvalue weighted by molar-refractivity contribution is -0.129. The third kappa shape index (κ3) is 6.21. The van der Waals surface area contributed by atoms with Gasteiger partial charge in [0, 0.05) is 23.9 Å². The number of hydrogen-bond donors (Lipinski definition) is 1. The minimum absolute atomic E-state index is 0.00766. The van der Waals surface area contributed by atoms with Gasteiger partial charge in [-0.15, -0.1) is 0 Å². The highest BCUT2D eigenvalue weighted by molar-refractivity contribution is 7.97. The van der Waals surface area contributed by atoms with E-state index in [4.69, 9.17) is 11.6 Å². The third-order valence-corrected chi connectivity index (χ3v) is 8.77. The van der Waals surface area contributed by atoms with E-state index < -0.39 is 0 Å². The molecule has 1 heterocycles. The van der Waals surface area contributed by atoms with Gasteiger partial charge in [0.15, 0.2) is 0 Å². The second-order valence-electron chi connectivity index (χ2n) is 9.10. The van der Waals surface area contributed by atoms with Crippen LogP contribution in [0.2, 0.25) is 5.02 Å². The fraction of sp³-hybridized carbons (Fsp3) is 0.731. The Morgan fingerprint density at radius 1 is 1.16 bits per heavy atom. The highest BCUT2D eigenvalue weighted by Gasteiger charge is 2.43. The predicted octanol–water partition coefficient (Wildman–Crippen LogP) is 7.71. The summed E-state index contributed by atoms with van der Waals surface area (Å²) in [4.78, 5) is 13.0. The summed E-state index contributed by atoms with van der Waals surface area (Å²) in [5.41, 5.74) is 1.17. The second kappa shape index (κ2) is 12.6. The Kier molecular flexibility index (Phi) is 10.8. The van der Waals surface area contributed by atoms with E-state index in [0.29, 0.717) is 10.6 Å². The molecule has 1 N–H and O–H groups in total. The molecule has 0 spiro atoms. The zero-order chi connectivity index (χ0) is 23.9. The van der Waals surface area contributed by atoms with Crippen molar-refractivity contribution >= 4 is 29.5 Å². The molecule has 1 aromatic carbocycles. The van der Waals surface area contributed by atoms with Crippen molar-refractivity contribution < 1.29 is 9.18 Å². The van der Waals surface area contributed by atoms with E-state index in [1.165, 1.54) is 25.3 Å². The van der Waals surface area contributed by atoms with E-state index in [9.17, 15) is 9.18 Å². The fourth-order valence-corrected chi connectivity index (χ4v) is 6.41. The van der Waals surface area contributed by atoms with Crippen molar-refractivity contribution in [3.05, 3.63) is 34.1 Å². The van der Waals surface area contributed by atoms with E-state index in [2.05, 4.69) is 16.5 Å². The molecule has 1 aliphatic heterocycles. The van der Waals surface area contributed by atoms with Crippen LogP contribution in [0.15, 0.2) is 12.1 Å². The average Bonchev–Trinajstić information content (AvgIpc) is 3.18. The Bertz CT molecular complexity index is 744. The monoisotopic (exact) mass is 484 g/mol. The molecule has 0 aromatic heterocycles.